The molecule has 2 aromatic rings. The van der Waals surface area contributed by atoms with Crippen molar-refractivity contribution in [1.29, 1.82) is 0 Å². The Bertz CT molecular complexity index is 645. The zero-order valence-corrected chi connectivity index (χ0v) is 12.3. The second-order valence-corrected chi connectivity index (χ2v) is 5.30. The van der Waals surface area contributed by atoms with Crippen molar-refractivity contribution in [3.8, 4) is 0 Å². The minimum Gasteiger partial charge on any atom is -0.381 e. The molecule has 0 saturated carbocycles. The number of hydrogen-bond acceptors (Lipinski definition) is 1. The Hall–Kier alpha value is -1.97. The molecule has 0 atom stereocenters. The largest absolute Gasteiger partial charge is 0.416 e. The molecule has 2 aromatic carbocycles. The molecule has 2 rings (SSSR count). The van der Waals surface area contributed by atoms with Gasteiger partial charge in [-0.25, -0.2) is 0 Å². The van der Waals surface area contributed by atoms with Crippen LogP contribution in [0.2, 0.25) is 0 Å². The van der Waals surface area contributed by atoms with Gasteiger partial charge in [-0.2, -0.15) is 13.2 Å². The minimum absolute atomic E-state index is 0.503. The summed E-state index contributed by atoms with van der Waals surface area (Å²) < 4.78 is 38.2. The van der Waals surface area contributed by atoms with Gasteiger partial charge in [-0.3, -0.25) is 0 Å². The third-order valence-electron chi connectivity index (χ3n) is 3.62. The standard InChI is InChI=1S/C17H18F3N/c1-11-4-6-14(8-13(11)3)10-21-16-9-15(17(18,19)20)7-5-12(16)2/h4-9,21H,10H2,1-3H3. The lowest BCUT2D eigenvalue weighted by molar-refractivity contribution is -0.137. The number of alkyl halides is 3. The first kappa shape index (κ1) is 15.4. The number of nitrogens with one attached hydrogen (secondary N) is 1. The summed E-state index contributed by atoms with van der Waals surface area (Å²) >= 11 is 0. The fourth-order valence-electron chi connectivity index (χ4n) is 2.10. The first-order valence-electron chi connectivity index (χ1n) is 6.75. The van der Waals surface area contributed by atoms with Crippen molar-refractivity contribution >= 4 is 5.69 Å². The smallest absolute Gasteiger partial charge is 0.381 e. The topological polar surface area (TPSA) is 12.0 Å². The normalized spacial score (nSPS) is 11.5. The lowest BCUT2D eigenvalue weighted by atomic mass is 10.1. The molecule has 0 bridgehead atoms. The molecule has 0 radical (unpaired) electrons. The van der Waals surface area contributed by atoms with E-state index in [0.717, 1.165) is 23.3 Å². The Morgan fingerprint density at radius 1 is 0.857 bits per heavy atom. The van der Waals surface area contributed by atoms with Gasteiger partial charge in [-0.05, 0) is 55.2 Å². The lowest BCUT2D eigenvalue weighted by Gasteiger charge is -2.14. The van der Waals surface area contributed by atoms with E-state index in [1.165, 1.54) is 17.2 Å². The molecule has 0 amide bonds. The van der Waals surface area contributed by atoms with Gasteiger partial charge in [0, 0.05) is 12.2 Å². The number of anilines is 1. The van der Waals surface area contributed by atoms with E-state index in [4.69, 9.17) is 0 Å². The first-order valence-corrected chi connectivity index (χ1v) is 6.75. The summed E-state index contributed by atoms with van der Waals surface area (Å²) in [5.74, 6) is 0. The van der Waals surface area contributed by atoms with Crippen molar-refractivity contribution in [1.82, 2.24) is 0 Å². The van der Waals surface area contributed by atoms with E-state index in [1.54, 1.807) is 6.92 Å². The first-order chi connectivity index (χ1) is 9.77. The van der Waals surface area contributed by atoms with E-state index >= 15 is 0 Å². The molecular formula is C17H18F3N. The number of aryl methyl sites for hydroxylation is 3. The molecule has 0 aliphatic carbocycles. The Morgan fingerprint density at radius 3 is 2.14 bits per heavy atom. The number of hydrogen-bond donors (Lipinski definition) is 1. The Balaban J connectivity index is 2.17. The van der Waals surface area contributed by atoms with Gasteiger partial charge in [0.15, 0.2) is 0 Å². The maximum atomic E-state index is 12.7. The molecule has 0 unspecified atom stereocenters. The van der Waals surface area contributed by atoms with Crippen molar-refractivity contribution in [2.45, 2.75) is 33.5 Å². The second kappa shape index (κ2) is 5.80. The highest BCUT2D eigenvalue weighted by Crippen LogP contribution is 2.32. The van der Waals surface area contributed by atoms with Crippen LogP contribution in [0.15, 0.2) is 36.4 Å². The van der Waals surface area contributed by atoms with E-state index < -0.39 is 11.7 Å². The van der Waals surface area contributed by atoms with Gasteiger partial charge in [0.2, 0.25) is 0 Å². The molecule has 0 heterocycles. The van der Waals surface area contributed by atoms with Gasteiger partial charge in [0.05, 0.1) is 5.56 Å². The predicted octanol–water partition coefficient (Wildman–Crippen LogP) is 5.24. The summed E-state index contributed by atoms with van der Waals surface area (Å²) in [6, 6.07) is 9.81. The predicted molar refractivity (Wildman–Crippen MR) is 79.4 cm³/mol. The van der Waals surface area contributed by atoms with Crippen LogP contribution in [0.4, 0.5) is 18.9 Å². The van der Waals surface area contributed by atoms with E-state index in [0.29, 0.717) is 12.2 Å². The molecular weight excluding hydrogens is 275 g/mol. The molecule has 0 aliphatic rings. The third-order valence-corrected chi connectivity index (χ3v) is 3.62. The van der Waals surface area contributed by atoms with Crippen LogP contribution < -0.4 is 5.32 Å². The van der Waals surface area contributed by atoms with Crippen LogP contribution in [0.25, 0.3) is 0 Å². The van der Waals surface area contributed by atoms with Crippen LogP contribution in [-0.4, -0.2) is 0 Å². The fourth-order valence-corrected chi connectivity index (χ4v) is 2.10. The van der Waals surface area contributed by atoms with Crippen LogP contribution in [-0.2, 0) is 12.7 Å². The maximum absolute atomic E-state index is 12.7. The molecule has 0 saturated heterocycles. The van der Waals surface area contributed by atoms with Gasteiger partial charge >= 0.3 is 6.18 Å². The Labute approximate surface area is 122 Å². The third kappa shape index (κ3) is 3.78. The summed E-state index contributed by atoms with van der Waals surface area (Å²) in [6.45, 7) is 6.35. The van der Waals surface area contributed by atoms with Crippen LogP contribution in [0.1, 0.15) is 27.8 Å². The average molecular weight is 293 g/mol. The minimum atomic E-state index is -4.31. The molecule has 4 heteroatoms. The quantitative estimate of drug-likeness (QED) is 0.815. The van der Waals surface area contributed by atoms with Crippen LogP contribution in [0, 0.1) is 20.8 Å². The highest BCUT2D eigenvalue weighted by Gasteiger charge is 2.30. The van der Waals surface area contributed by atoms with Crippen molar-refractivity contribution in [3.63, 3.8) is 0 Å². The van der Waals surface area contributed by atoms with Gasteiger partial charge in [-0.15, -0.1) is 0 Å². The summed E-state index contributed by atoms with van der Waals surface area (Å²) in [5, 5.41) is 3.09. The summed E-state index contributed by atoms with van der Waals surface area (Å²) in [6.07, 6.45) is -4.31. The van der Waals surface area contributed by atoms with Gasteiger partial charge in [0.1, 0.15) is 0 Å². The van der Waals surface area contributed by atoms with E-state index in [2.05, 4.69) is 5.32 Å². The van der Waals surface area contributed by atoms with Crippen molar-refractivity contribution < 1.29 is 13.2 Å². The van der Waals surface area contributed by atoms with E-state index in [9.17, 15) is 13.2 Å². The molecule has 0 fully saturated rings. The maximum Gasteiger partial charge on any atom is 0.416 e. The summed E-state index contributed by atoms with van der Waals surface area (Å²) in [7, 11) is 0. The fraction of sp³-hybridized carbons (Fsp3) is 0.294. The Kier molecular flexibility index (Phi) is 4.26. The van der Waals surface area contributed by atoms with Crippen LogP contribution >= 0.6 is 0 Å². The van der Waals surface area contributed by atoms with Gasteiger partial charge in [-0.1, -0.05) is 24.3 Å². The molecule has 0 aromatic heterocycles. The van der Waals surface area contributed by atoms with Gasteiger partial charge < -0.3 is 5.32 Å². The number of rotatable bonds is 3. The highest BCUT2D eigenvalue weighted by molar-refractivity contribution is 5.53. The van der Waals surface area contributed by atoms with Crippen molar-refractivity contribution in [2.24, 2.45) is 0 Å². The summed E-state index contributed by atoms with van der Waals surface area (Å²) in [5.41, 5.74) is 4.12. The number of benzene rings is 2. The molecule has 1 nitrogen and oxygen atoms in total. The molecule has 0 spiro atoms. The zero-order chi connectivity index (χ0) is 15.6. The Morgan fingerprint density at radius 2 is 1.52 bits per heavy atom. The van der Waals surface area contributed by atoms with Gasteiger partial charge in [0.25, 0.3) is 0 Å². The SMILES string of the molecule is Cc1ccc(CNc2cc(C(F)(F)F)ccc2C)cc1C. The number of halogens is 3. The average Bonchev–Trinajstić information content (AvgIpc) is 2.40. The molecule has 112 valence electrons. The van der Waals surface area contributed by atoms with E-state index in [1.807, 2.05) is 32.0 Å². The van der Waals surface area contributed by atoms with Crippen molar-refractivity contribution in [3.05, 3.63) is 64.2 Å². The summed E-state index contributed by atoms with van der Waals surface area (Å²) in [4.78, 5) is 0. The van der Waals surface area contributed by atoms with E-state index in [-0.39, 0.29) is 0 Å². The van der Waals surface area contributed by atoms with Crippen LogP contribution in [0.5, 0.6) is 0 Å². The zero-order valence-electron chi connectivity index (χ0n) is 12.3. The molecule has 1 N–H and O–H groups in total. The second-order valence-electron chi connectivity index (χ2n) is 5.30. The lowest BCUT2D eigenvalue weighted by Crippen LogP contribution is -2.07. The monoisotopic (exact) mass is 293 g/mol. The van der Waals surface area contributed by atoms with Crippen LogP contribution in [0.3, 0.4) is 0 Å². The molecule has 21 heavy (non-hydrogen) atoms. The van der Waals surface area contributed by atoms with Crippen molar-refractivity contribution in [2.75, 3.05) is 5.32 Å². The molecule has 0 aliphatic heterocycles. The highest BCUT2D eigenvalue weighted by atomic mass is 19.4.